The second kappa shape index (κ2) is 8.58. The van der Waals surface area contributed by atoms with Crippen LogP contribution in [0.15, 0.2) is 47.5 Å². The molecule has 1 aliphatic carbocycles. The molecule has 4 heterocycles. The molecule has 0 aliphatic heterocycles. The van der Waals surface area contributed by atoms with Gasteiger partial charge < -0.3 is 24.3 Å². The number of oxazole rings is 1. The van der Waals surface area contributed by atoms with Crippen molar-refractivity contribution >= 4 is 17.2 Å². The van der Waals surface area contributed by atoms with Gasteiger partial charge in [0, 0.05) is 35.4 Å². The van der Waals surface area contributed by atoms with Crippen molar-refractivity contribution < 1.29 is 19.4 Å². The van der Waals surface area contributed by atoms with Crippen LogP contribution in [0.3, 0.4) is 0 Å². The van der Waals surface area contributed by atoms with Crippen LogP contribution in [-0.4, -0.2) is 41.1 Å². The Kier molecular flexibility index (Phi) is 5.69. The van der Waals surface area contributed by atoms with Crippen LogP contribution in [0.4, 0.5) is 5.69 Å². The molecule has 0 radical (unpaired) electrons. The Labute approximate surface area is 202 Å². The van der Waals surface area contributed by atoms with E-state index in [2.05, 4.69) is 20.3 Å². The Balaban J connectivity index is 1.40. The molecule has 0 saturated heterocycles. The predicted molar refractivity (Wildman–Crippen MR) is 130 cm³/mol. The summed E-state index contributed by atoms with van der Waals surface area (Å²) in [5.74, 6) is -0.130. The van der Waals surface area contributed by atoms with Crippen LogP contribution >= 0.6 is 0 Å². The smallest absolute Gasteiger partial charge is 0.277 e. The summed E-state index contributed by atoms with van der Waals surface area (Å²) in [4.78, 5) is 26.2. The number of aliphatic hydroxyl groups is 2. The monoisotopic (exact) mass is 475 g/mol. The molecule has 182 valence electrons. The molecule has 0 bridgehead atoms. The van der Waals surface area contributed by atoms with Gasteiger partial charge >= 0.3 is 0 Å². The van der Waals surface area contributed by atoms with Crippen LogP contribution in [-0.2, 0) is 12.0 Å². The first kappa shape index (κ1) is 23.2. The second-order valence-electron chi connectivity index (χ2n) is 9.91. The average molecular weight is 476 g/mol. The quantitative estimate of drug-likeness (QED) is 0.369. The summed E-state index contributed by atoms with van der Waals surface area (Å²) in [7, 11) is 0. The van der Waals surface area contributed by atoms with Gasteiger partial charge in [-0.05, 0) is 71.1 Å². The molecule has 35 heavy (non-hydrogen) atoms. The molecule has 0 aromatic carbocycles. The second-order valence-corrected chi connectivity index (χ2v) is 9.91. The number of anilines is 1. The van der Waals surface area contributed by atoms with E-state index in [0.717, 1.165) is 36.2 Å². The minimum Gasteiger partial charge on any atom is -0.444 e. The number of pyridine rings is 2. The summed E-state index contributed by atoms with van der Waals surface area (Å²) in [6, 6.07) is 5.36. The van der Waals surface area contributed by atoms with Gasteiger partial charge in [-0.3, -0.25) is 9.78 Å². The first-order valence-electron chi connectivity index (χ1n) is 11.8. The van der Waals surface area contributed by atoms with Crippen molar-refractivity contribution in [2.45, 2.75) is 64.1 Å². The Morgan fingerprint density at radius 3 is 2.74 bits per heavy atom. The summed E-state index contributed by atoms with van der Waals surface area (Å²) >= 11 is 0. The van der Waals surface area contributed by atoms with Gasteiger partial charge in [0.25, 0.3) is 5.91 Å². The molecule has 0 atom stereocenters. The van der Waals surface area contributed by atoms with Gasteiger partial charge in [-0.2, -0.15) is 0 Å². The fourth-order valence-corrected chi connectivity index (χ4v) is 4.38. The molecule has 1 aliphatic rings. The number of amides is 1. The van der Waals surface area contributed by atoms with Crippen LogP contribution in [0.25, 0.3) is 17.1 Å². The normalized spacial score (nSPS) is 15.2. The molecule has 9 nitrogen and oxygen atoms in total. The Bertz CT molecular complexity index is 1390. The predicted octanol–water partition coefficient (Wildman–Crippen LogP) is 4.02. The summed E-state index contributed by atoms with van der Waals surface area (Å²) in [6.07, 6.45) is 10.7. The molecule has 9 heteroatoms. The number of hydrogen-bond donors (Lipinski definition) is 3. The van der Waals surface area contributed by atoms with Crippen molar-refractivity contribution in [3.63, 3.8) is 0 Å². The summed E-state index contributed by atoms with van der Waals surface area (Å²) in [5.41, 5.74) is 2.36. The van der Waals surface area contributed by atoms with E-state index in [1.165, 1.54) is 6.26 Å². The zero-order chi connectivity index (χ0) is 24.8. The van der Waals surface area contributed by atoms with E-state index < -0.39 is 17.1 Å². The lowest BCUT2D eigenvalue weighted by Gasteiger charge is -2.36. The van der Waals surface area contributed by atoms with Crippen LogP contribution in [0.5, 0.6) is 0 Å². The number of carbonyl (C=O) groups is 1. The molecule has 1 amide bonds. The van der Waals surface area contributed by atoms with Gasteiger partial charge in [0.1, 0.15) is 11.9 Å². The van der Waals surface area contributed by atoms with E-state index >= 15 is 0 Å². The third kappa shape index (κ3) is 4.82. The van der Waals surface area contributed by atoms with Crippen molar-refractivity contribution in [1.29, 1.82) is 0 Å². The van der Waals surface area contributed by atoms with Gasteiger partial charge in [0.2, 0.25) is 5.89 Å². The number of hydrogen-bond acceptors (Lipinski definition) is 7. The molecule has 4 aromatic heterocycles. The maximum atomic E-state index is 13.0. The standard InChI is InChI=1S/C26H29N5O4/c1-16-11-17(6-10-27-16)24-30-21(15-35-24)23(32)29-20-14-31-13-18(5-9-26(34)7-4-8-26)28-22(31)12-19(20)25(2,3)33/h6,10-15,33-34H,4-5,7-9H2,1-3H3,(H,29,32). The van der Waals surface area contributed by atoms with Gasteiger partial charge in [-0.25, -0.2) is 9.97 Å². The van der Waals surface area contributed by atoms with Gasteiger partial charge in [-0.15, -0.1) is 0 Å². The Hall–Kier alpha value is -3.56. The molecule has 1 saturated carbocycles. The van der Waals surface area contributed by atoms with E-state index in [4.69, 9.17) is 4.42 Å². The minimum absolute atomic E-state index is 0.122. The minimum atomic E-state index is -1.22. The van der Waals surface area contributed by atoms with E-state index in [1.807, 2.05) is 23.6 Å². The maximum Gasteiger partial charge on any atom is 0.277 e. The SMILES string of the molecule is Cc1cc(-c2nc(C(=O)Nc3cn4cc(CCC5(O)CCC5)nc4cc3C(C)(C)O)co2)ccn1. The number of carbonyl (C=O) groups excluding carboxylic acids is 1. The van der Waals surface area contributed by atoms with Crippen molar-refractivity contribution in [1.82, 2.24) is 19.4 Å². The van der Waals surface area contributed by atoms with Gasteiger partial charge in [-0.1, -0.05) is 0 Å². The fourth-order valence-electron chi connectivity index (χ4n) is 4.38. The van der Waals surface area contributed by atoms with Crippen molar-refractivity contribution in [3.8, 4) is 11.5 Å². The van der Waals surface area contributed by atoms with Crippen LogP contribution < -0.4 is 5.32 Å². The molecular weight excluding hydrogens is 446 g/mol. The highest BCUT2D eigenvalue weighted by Gasteiger charge is 2.34. The highest BCUT2D eigenvalue weighted by atomic mass is 16.3. The first-order chi connectivity index (χ1) is 16.6. The summed E-state index contributed by atoms with van der Waals surface area (Å²) in [5, 5.41) is 24.1. The third-order valence-corrected chi connectivity index (χ3v) is 6.56. The van der Waals surface area contributed by atoms with Crippen LogP contribution in [0.1, 0.15) is 67.0 Å². The highest BCUT2D eigenvalue weighted by molar-refractivity contribution is 6.03. The lowest BCUT2D eigenvalue weighted by molar-refractivity contribution is -0.0399. The molecule has 0 spiro atoms. The average Bonchev–Trinajstić information content (AvgIpc) is 3.42. The molecular formula is C26H29N5O4. The first-order valence-corrected chi connectivity index (χ1v) is 11.8. The maximum absolute atomic E-state index is 13.0. The number of aromatic nitrogens is 4. The van der Waals surface area contributed by atoms with E-state index in [0.29, 0.717) is 35.6 Å². The van der Waals surface area contributed by atoms with Crippen molar-refractivity contribution in [2.24, 2.45) is 0 Å². The number of aryl methyl sites for hydroxylation is 2. The summed E-state index contributed by atoms with van der Waals surface area (Å²) < 4.78 is 7.34. The number of rotatable bonds is 7. The van der Waals surface area contributed by atoms with E-state index in [1.54, 1.807) is 38.4 Å². The molecule has 0 unspecified atom stereocenters. The topological polar surface area (TPSA) is 126 Å². The molecule has 3 N–H and O–H groups in total. The largest absolute Gasteiger partial charge is 0.444 e. The number of imidazole rings is 1. The molecule has 1 fully saturated rings. The van der Waals surface area contributed by atoms with E-state index in [-0.39, 0.29) is 5.69 Å². The number of nitrogens with one attached hydrogen (secondary N) is 1. The van der Waals surface area contributed by atoms with Crippen LogP contribution in [0, 0.1) is 6.92 Å². The Morgan fingerprint density at radius 1 is 1.26 bits per heavy atom. The lowest BCUT2D eigenvalue weighted by atomic mass is 9.77. The van der Waals surface area contributed by atoms with Gasteiger partial charge in [0.05, 0.1) is 22.6 Å². The zero-order valence-electron chi connectivity index (χ0n) is 20.1. The number of fused-ring (bicyclic) bond motifs is 1. The Morgan fingerprint density at radius 2 is 2.06 bits per heavy atom. The highest BCUT2D eigenvalue weighted by Crippen LogP contribution is 2.36. The zero-order valence-corrected chi connectivity index (χ0v) is 20.1. The molecule has 5 rings (SSSR count). The van der Waals surface area contributed by atoms with Gasteiger partial charge in [0.15, 0.2) is 5.69 Å². The van der Waals surface area contributed by atoms with Crippen molar-refractivity contribution in [2.75, 3.05) is 5.32 Å². The summed E-state index contributed by atoms with van der Waals surface area (Å²) in [6.45, 7) is 5.18. The van der Waals surface area contributed by atoms with Crippen LogP contribution in [0.2, 0.25) is 0 Å². The van der Waals surface area contributed by atoms with Crippen molar-refractivity contribution in [3.05, 3.63) is 65.7 Å². The molecule has 4 aromatic rings. The number of nitrogens with zero attached hydrogens (tertiary/aromatic N) is 4. The third-order valence-electron chi connectivity index (χ3n) is 6.56. The van der Waals surface area contributed by atoms with E-state index in [9.17, 15) is 15.0 Å². The lowest BCUT2D eigenvalue weighted by Crippen LogP contribution is -2.37. The fraction of sp³-hybridized carbons (Fsp3) is 0.385.